The third-order valence-electron chi connectivity index (χ3n) is 4.85. The Labute approximate surface area is 178 Å². The lowest BCUT2D eigenvalue weighted by Crippen LogP contribution is -2.50. The zero-order valence-corrected chi connectivity index (χ0v) is 17.6. The molecule has 11 heteroatoms. The lowest BCUT2D eigenvalue weighted by molar-refractivity contribution is 0.0692. The molecule has 2 aromatic heterocycles. The van der Waals surface area contributed by atoms with E-state index in [1.807, 2.05) is 0 Å². The molecule has 1 saturated heterocycles. The Morgan fingerprint density at radius 3 is 2.63 bits per heavy atom. The van der Waals surface area contributed by atoms with E-state index < -0.39 is 10.0 Å². The van der Waals surface area contributed by atoms with Gasteiger partial charge in [0, 0.05) is 37.3 Å². The molecule has 0 spiro atoms. The molecule has 0 bridgehead atoms. The Morgan fingerprint density at radius 1 is 1.20 bits per heavy atom. The minimum atomic E-state index is -3.81. The smallest absolute Gasteiger partial charge is 0.274 e. The minimum absolute atomic E-state index is 0.00710. The van der Waals surface area contributed by atoms with Crippen LogP contribution in [0.15, 0.2) is 52.0 Å². The lowest BCUT2D eigenvalue weighted by Gasteiger charge is -2.33. The molecule has 0 radical (unpaired) electrons. The van der Waals surface area contributed by atoms with Crippen LogP contribution in [0.3, 0.4) is 0 Å². The molecule has 3 heterocycles. The van der Waals surface area contributed by atoms with E-state index in [1.54, 1.807) is 29.2 Å². The van der Waals surface area contributed by atoms with Gasteiger partial charge in [-0.15, -0.1) is 0 Å². The SMILES string of the molecule is COc1ccc(Cl)cc1S(=O)(=O)N1CCN(C(=O)c2cc(-c3ccco3)[nH]n2)CC1. The molecule has 1 aromatic carbocycles. The summed E-state index contributed by atoms with van der Waals surface area (Å²) < 4.78 is 37.9. The number of aromatic amines is 1. The van der Waals surface area contributed by atoms with Crippen LogP contribution < -0.4 is 4.74 Å². The third kappa shape index (κ3) is 3.81. The summed E-state index contributed by atoms with van der Waals surface area (Å²) in [6, 6.07) is 9.57. The fourth-order valence-electron chi connectivity index (χ4n) is 3.27. The van der Waals surface area contributed by atoms with Crippen molar-refractivity contribution >= 4 is 27.5 Å². The Balaban J connectivity index is 1.46. The highest BCUT2D eigenvalue weighted by Crippen LogP contribution is 2.30. The van der Waals surface area contributed by atoms with Gasteiger partial charge in [0.15, 0.2) is 11.5 Å². The number of aromatic nitrogens is 2. The van der Waals surface area contributed by atoms with Crippen LogP contribution in [0.5, 0.6) is 5.75 Å². The van der Waals surface area contributed by atoms with Gasteiger partial charge < -0.3 is 14.1 Å². The number of nitrogens with zero attached hydrogens (tertiary/aromatic N) is 3. The quantitative estimate of drug-likeness (QED) is 0.639. The number of amides is 1. The molecule has 1 aliphatic rings. The van der Waals surface area contributed by atoms with Crippen molar-refractivity contribution in [1.29, 1.82) is 0 Å². The number of sulfonamides is 1. The summed E-state index contributed by atoms with van der Waals surface area (Å²) in [5.41, 5.74) is 0.840. The molecule has 30 heavy (non-hydrogen) atoms. The summed E-state index contributed by atoms with van der Waals surface area (Å²) in [6.45, 7) is 0.784. The molecule has 4 rings (SSSR count). The molecule has 9 nitrogen and oxygen atoms in total. The average molecular weight is 451 g/mol. The first-order chi connectivity index (χ1) is 14.4. The number of hydrogen-bond donors (Lipinski definition) is 1. The van der Waals surface area contributed by atoms with Crippen molar-refractivity contribution in [3.8, 4) is 17.2 Å². The van der Waals surface area contributed by atoms with Gasteiger partial charge in [-0.2, -0.15) is 9.40 Å². The molecule has 1 aliphatic heterocycles. The molecule has 0 unspecified atom stereocenters. The number of carbonyl (C=O) groups is 1. The van der Waals surface area contributed by atoms with E-state index in [-0.39, 0.29) is 48.4 Å². The number of methoxy groups -OCH3 is 1. The standard InChI is InChI=1S/C19H19ClN4O5S/c1-28-17-5-4-13(20)11-18(17)30(26,27)24-8-6-23(7-9-24)19(25)15-12-14(21-22-15)16-3-2-10-29-16/h2-5,10-12H,6-9H2,1H3,(H,21,22). The second kappa shape index (κ2) is 8.13. The zero-order chi connectivity index (χ0) is 21.3. The molecule has 3 aromatic rings. The first kappa shape index (κ1) is 20.5. The van der Waals surface area contributed by atoms with Crippen molar-refractivity contribution in [2.24, 2.45) is 0 Å². The van der Waals surface area contributed by atoms with Crippen LogP contribution >= 0.6 is 11.6 Å². The van der Waals surface area contributed by atoms with Crippen molar-refractivity contribution in [1.82, 2.24) is 19.4 Å². The molecular formula is C19H19ClN4O5S. The van der Waals surface area contributed by atoms with Crippen LogP contribution in [-0.2, 0) is 10.0 Å². The Hall–Kier alpha value is -2.82. The second-order valence-corrected chi connectivity index (χ2v) is 8.98. The van der Waals surface area contributed by atoms with Gasteiger partial charge in [-0.3, -0.25) is 9.89 Å². The maximum Gasteiger partial charge on any atom is 0.274 e. The van der Waals surface area contributed by atoms with Crippen LogP contribution in [0.4, 0.5) is 0 Å². The number of furan rings is 1. The predicted molar refractivity (Wildman–Crippen MR) is 109 cm³/mol. The van der Waals surface area contributed by atoms with Crippen LogP contribution in [0.25, 0.3) is 11.5 Å². The van der Waals surface area contributed by atoms with Crippen LogP contribution in [0.2, 0.25) is 5.02 Å². The molecule has 1 amide bonds. The Morgan fingerprint density at radius 2 is 1.97 bits per heavy atom. The van der Waals surface area contributed by atoms with Crippen molar-refractivity contribution in [3.05, 3.63) is 53.4 Å². The molecule has 0 atom stereocenters. The van der Waals surface area contributed by atoms with E-state index in [0.29, 0.717) is 16.5 Å². The third-order valence-corrected chi connectivity index (χ3v) is 7.01. The van der Waals surface area contributed by atoms with E-state index in [9.17, 15) is 13.2 Å². The van der Waals surface area contributed by atoms with Crippen LogP contribution in [0, 0.1) is 0 Å². The molecule has 158 valence electrons. The van der Waals surface area contributed by atoms with Crippen LogP contribution in [0.1, 0.15) is 10.5 Å². The predicted octanol–water partition coefficient (Wildman–Crippen LogP) is 2.48. The monoisotopic (exact) mass is 450 g/mol. The number of halogens is 1. The zero-order valence-electron chi connectivity index (χ0n) is 16.0. The molecule has 1 N–H and O–H groups in total. The van der Waals surface area contributed by atoms with Gasteiger partial charge in [0.05, 0.1) is 13.4 Å². The van der Waals surface area contributed by atoms with E-state index in [4.69, 9.17) is 20.8 Å². The highest BCUT2D eigenvalue weighted by molar-refractivity contribution is 7.89. The first-order valence-electron chi connectivity index (χ1n) is 9.12. The highest BCUT2D eigenvalue weighted by Gasteiger charge is 2.33. The number of ether oxygens (including phenoxy) is 1. The minimum Gasteiger partial charge on any atom is -0.495 e. The van der Waals surface area contributed by atoms with E-state index in [0.717, 1.165) is 0 Å². The molecular weight excluding hydrogens is 432 g/mol. The number of nitrogens with one attached hydrogen (secondary N) is 1. The number of carbonyl (C=O) groups excluding carboxylic acids is 1. The summed E-state index contributed by atoms with van der Waals surface area (Å²) in [5.74, 6) is 0.522. The summed E-state index contributed by atoms with van der Waals surface area (Å²) in [4.78, 5) is 14.3. The maximum absolute atomic E-state index is 13.1. The highest BCUT2D eigenvalue weighted by atomic mass is 35.5. The number of rotatable bonds is 5. The normalized spacial score (nSPS) is 15.3. The first-order valence-corrected chi connectivity index (χ1v) is 10.9. The number of hydrogen-bond acceptors (Lipinski definition) is 6. The molecule has 0 saturated carbocycles. The van der Waals surface area contributed by atoms with Crippen molar-refractivity contribution < 1.29 is 22.4 Å². The van der Waals surface area contributed by atoms with E-state index in [2.05, 4.69) is 10.2 Å². The largest absolute Gasteiger partial charge is 0.495 e. The van der Waals surface area contributed by atoms with Gasteiger partial charge in [0.25, 0.3) is 5.91 Å². The van der Waals surface area contributed by atoms with E-state index >= 15 is 0 Å². The summed E-state index contributed by atoms with van der Waals surface area (Å²) in [5, 5.41) is 7.13. The summed E-state index contributed by atoms with van der Waals surface area (Å²) in [7, 11) is -2.41. The van der Waals surface area contributed by atoms with Gasteiger partial charge >= 0.3 is 0 Å². The lowest BCUT2D eigenvalue weighted by atomic mass is 10.2. The fourth-order valence-corrected chi connectivity index (χ4v) is 5.11. The van der Waals surface area contributed by atoms with Crippen molar-refractivity contribution in [2.45, 2.75) is 4.90 Å². The Kier molecular flexibility index (Phi) is 5.54. The average Bonchev–Trinajstić information content (AvgIpc) is 3.45. The number of piperazine rings is 1. The van der Waals surface area contributed by atoms with Gasteiger partial charge in [-0.05, 0) is 30.3 Å². The van der Waals surface area contributed by atoms with Crippen LogP contribution in [-0.4, -0.2) is 67.0 Å². The van der Waals surface area contributed by atoms with Gasteiger partial charge in [0.2, 0.25) is 10.0 Å². The molecule has 0 aliphatic carbocycles. The van der Waals surface area contributed by atoms with Crippen molar-refractivity contribution in [3.63, 3.8) is 0 Å². The topological polar surface area (TPSA) is 109 Å². The summed E-state index contributed by atoms with van der Waals surface area (Å²) in [6.07, 6.45) is 1.53. The van der Waals surface area contributed by atoms with Gasteiger partial charge in [-0.25, -0.2) is 8.42 Å². The van der Waals surface area contributed by atoms with Gasteiger partial charge in [0.1, 0.15) is 16.3 Å². The second-order valence-electron chi connectivity index (χ2n) is 6.64. The van der Waals surface area contributed by atoms with Gasteiger partial charge in [-0.1, -0.05) is 11.6 Å². The Bertz CT molecular complexity index is 1150. The number of H-pyrrole nitrogens is 1. The van der Waals surface area contributed by atoms with Crippen molar-refractivity contribution in [2.75, 3.05) is 33.3 Å². The molecule has 1 fully saturated rings. The van der Waals surface area contributed by atoms with E-state index in [1.165, 1.54) is 29.8 Å². The summed E-state index contributed by atoms with van der Waals surface area (Å²) >= 11 is 5.98. The maximum atomic E-state index is 13.1. The fraction of sp³-hybridized carbons (Fsp3) is 0.263. The number of benzene rings is 1.